The van der Waals surface area contributed by atoms with Crippen LogP contribution in [0.5, 0.6) is 5.75 Å². The van der Waals surface area contributed by atoms with Gasteiger partial charge in [-0.25, -0.2) is 0 Å². The van der Waals surface area contributed by atoms with E-state index >= 15 is 0 Å². The zero-order valence-corrected chi connectivity index (χ0v) is 13.7. The van der Waals surface area contributed by atoms with Crippen LogP contribution in [0.3, 0.4) is 0 Å². The number of hydrogen-bond acceptors (Lipinski definition) is 3. The first-order valence-electron chi connectivity index (χ1n) is 6.29. The third-order valence-electron chi connectivity index (χ3n) is 3.08. The number of anilines is 1. The zero-order valence-electron chi connectivity index (χ0n) is 11.3. The smallest absolute Gasteiger partial charge is 0.259 e. The second-order valence-electron chi connectivity index (χ2n) is 4.50. The molecule has 0 atom stereocenters. The molecule has 112 valence electrons. The molecule has 1 heterocycles. The molecule has 0 aliphatic carbocycles. The van der Waals surface area contributed by atoms with Crippen LogP contribution in [0.15, 0.2) is 59.2 Å². The van der Waals surface area contributed by atoms with Crippen molar-refractivity contribution in [3.8, 4) is 5.75 Å². The summed E-state index contributed by atoms with van der Waals surface area (Å²) in [5, 5.41) is 13.8. The van der Waals surface area contributed by atoms with E-state index in [9.17, 15) is 9.90 Å². The first-order valence-corrected chi connectivity index (χ1v) is 7.08. The van der Waals surface area contributed by atoms with Crippen molar-refractivity contribution in [3.05, 3.63) is 64.8 Å². The van der Waals surface area contributed by atoms with Crippen LogP contribution in [0.4, 0.5) is 5.69 Å². The molecular weight excluding hydrogens is 368 g/mol. The fourth-order valence-electron chi connectivity index (χ4n) is 2.08. The predicted octanol–water partition coefficient (Wildman–Crippen LogP) is 4.38. The molecule has 0 spiro atoms. The molecule has 2 N–H and O–H groups in total. The van der Waals surface area contributed by atoms with E-state index in [0.29, 0.717) is 11.2 Å². The lowest BCUT2D eigenvalue weighted by atomic mass is 10.1. The number of benzene rings is 2. The lowest BCUT2D eigenvalue weighted by Crippen LogP contribution is -2.12. The number of rotatable bonds is 2. The molecule has 0 saturated carbocycles. The van der Waals surface area contributed by atoms with E-state index in [1.807, 2.05) is 18.2 Å². The Balaban J connectivity index is 0.00000176. The summed E-state index contributed by atoms with van der Waals surface area (Å²) in [4.78, 5) is 16.4. The van der Waals surface area contributed by atoms with Crippen LogP contribution in [0.25, 0.3) is 10.9 Å². The summed E-state index contributed by atoms with van der Waals surface area (Å²) < 4.78 is 0.865. The number of nitrogens with one attached hydrogen (secondary N) is 1. The average molecular weight is 380 g/mol. The van der Waals surface area contributed by atoms with Gasteiger partial charge in [-0.15, -0.1) is 12.4 Å². The van der Waals surface area contributed by atoms with E-state index in [1.54, 1.807) is 36.5 Å². The Kier molecular flexibility index (Phi) is 5.00. The number of halogens is 2. The van der Waals surface area contributed by atoms with Crippen molar-refractivity contribution in [2.45, 2.75) is 0 Å². The molecule has 4 nitrogen and oxygen atoms in total. The molecule has 0 aliphatic rings. The largest absolute Gasteiger partial charge is 0.505 e. The van der Waals surface area contributed by atoms with Crippen LogP contribution in [0.2, 0.25) is 0 Å². The highest BCUT2D eigenvalue weighted by atomic mass is 79.9. The van der Waals surface area contributed by atoms with Gasteiger partial charge in [-0.3, -0.25) is 9.78 Å². The van der Waals surface area contributed by atoms with Gasteiger partial charge in [0.2, 0.25) is 0 Å². The van der Waals surface area contributed by atoms with Crippen LogP contribution in [-0.2, 0) is 0 Å². The molecule has 0 radical (unpaired) electrons. The second kappa shape index (κ2) is 6.77. The van der Waals surface area contributed by atoms with E-state index in [-0.39, 0.29) is 29.6 Å². The van der Waals surface area contributed by atoms with Gasteiger partial charge in [0, 0.05) is 21.7 Å². The highest BCUT2D eigenvalue weighted by molar-refractivity contribution is 9.10. The molecule has 1 aromatic heterocycles. The third kappa shape index (κ3) is 3.21. The van der Waals surface area contributed by atoms with E-state index in [4.69, 9.17) is 0 Å². The van der Waals surface area contributed by atoms with E-state index in [1.165, 1.54) is 0 Å². The van der Waals surface area contributed by atoms with Crippen molar-refractivity contribution < 1.29 is 9.90 Å². The van der Waals surface area contributed by atoms with Crippen molar-refractivity contribution in [1.29, 1.82) is 0 Å². The van der Waals surface area contributed by atoms with Crippen molar-refractivity contribution in [2.24, 2.45) is 0 Å². The molecule has 0 fully saturated rings. The number of nitrogens with zero attached hydrogens (tertiary/aromatic N) is 1. The molecule has 22 heavy (non-hydrogen) atoms. The maximum atomic E-state index is 12.3. The number of phenols is 1. The number of fused-ring (bicyclic) bond motifs is 1. The van der Waals surface area contributed by atoms with E-state index in [2.05, 4.69) is 26.2 Å². The lowest BCUT2D eigenvalue weighted by molar-refractivity contribution is 0.102. The molecule has 0 bridgehead atoms. The van der Waals surface area contributed by atoms with Gasteiger partial charge in [0.1, 0.15) is 5.52 Å². The molecule has 0 unspecified atom stereocenters. The van der Waals surface area contributed by atoms with Gasteiger partial charge in [-0.1, -0.05) is 34.1 Å². The number of carbonyl (C=O) groups excluding carboxylic acids is 1. The van der Waals surface area contributed by atoms with Crippen molar-refractivity contribution >= 4 is 50.8 Å². The molecule has 2 aromatic carbocycles. The van der Waals surface area contributed by atoms with E-state index < -0.39 is 0 Å². The number of amides is 1. The van der Waals surface area contributed by atoms with Crippen molar-refractivity contribution in [2.75, 3.05) is 5.32 Å². The molecule has 3 aromatic rings. The van der Waals surface area contributed by atoms with Gasteiger partial charge >= 0.3 is 0 Å². The lowest BCUT2D eigenvalue weighted by Gasteiger charge is -2.08. The standard InChI is InChI=1S/C16H11BrN2O2.ClH/c17-11-4-1-5-12(9-11)19-16(21)13-7-6-10-3-2-8-18-14(10)15(13)20;/h1-9,20H,(H,19,21);1H. The van der Waals surface area contributed by atoms with Crippen molar-refractivity contribution in [1.82, 2.24) is 4.98 Å². The molecule has 0 saturated heterocycles. The molecule has 6 heteroatoms. The van der Waals surface area contributed by atoms with Gasteiger partial charge in [-0.05, 0) is 30.3 Å². The Bertz CT molecular complexity index is 839. The Morgan fingerprint density at radius 1 is 1.14 bits per heavy atom. The number of phenolic OH excluding ortho intramolecular Hbond substituents is 1. The Morgan fingerprint density at radius 2 is 1.95 bits per heavy atom. The van der Waals surface area contributed by atoms with Crippen LogP contribution < -0.4 is 5.32 Å². The van der Waals surface area contributed by atoms with Gasteiger partial charge in [-0.2, -0.15) is 0 Å². The Morgan fingerprint density at radius 3 is 2.73 bits per heavy atom. The number of pyridine rings is 1. The van der Waals surface area contributed by atoms with Gasteiger partial charge < -0.3 is 10.4 Å². The topological polar surface area (TPSA) is 62.2 Å². The summed E-state index contributed by atoms with van der Waals surface area (Å²) in [6, 6.07) is 14.2. The van der Waals surface area contributed by atoms with Gasteiger partial charge in [0.05, 0.1) is 5.56 Å². The summed E-state index contributed by atoms with van der Waals surface area (Å²) >= 11 is 3.34. The van der Waals surface area contributed by atoms with Gasteiger partial charge in [0.15, 0.2) is 5.75 Å². The normalized spacial score (nSPS) is 10.0. The maximum Gasteiger partial charge on any atom is 0.259 e. The summed E-state index contributed by atoms with van der Waals surface area (Å²) in [5.41, 5.74) is 1.26. The van der Waals surface area contributed by atoms with Gasteiger partial charge in [0.25, 0.3) is 5.91 Å². The highest BCUT2D eigenvalue weighted by Gasteiger charge is 2.14. The third-order valence-corrected chi connectivity index (χ3v) is 3.57. The number of aromatic hydroxyl groups is 1. The Labute approximate surface area is 141 Å². The predicted molar refractivity (Wildman–Crippen MR) is 92.8 cm³/mol. The summed E-state index contributed by atoms with van der Waals surface area (Å²) in [5.74, 6) is -0.487. The van der Waals surface area contributed by atoms with Crippen LogP contribution in [-0.4, -0.2) is 16.0 Å². The summed E-state index contributed by atoms with van der Waals surface area (Å²) in [6.07, 6.45) is 1.58. The minimum atomic E-state index is -0.377. The molecule has 0 aliphatic heterocycles. The number of aromatic nitrogens is 1. The van der Waals surface area contributed by atoms with Crippen LogP contribution in [0, 0.1) is 0 Å². The summed E-state index contributed by atoms with van der Waals surface area (Å²) in [6.45, 7) is 0. The first-order chi connectivity index (χ1) is 10.1. The fourth-order valence-corrected chi connectivity index (χ4v) is 2.48. The minimum absolute atomic E-state index is 0. The summed E-state index contributed by atoms with van der Waals surface area (Å²) in [7, 11) is 0. The fraction of sp³-hybridized carbons (Fsp3) is 0. The molecule has 1 amide bonds. The van der Waals surface area contributed by atoms with Crippen molar-refractivity contribution in [3.63, 3.8) is 0 Å². The average Bonchev–Trinajstić information content (AvgIpc) is 2.48. The maximum absolute atomic E-state index is 12.3. The monoisotopic (exact) mass is 378 g/mol. The number of carbonyl (C=O) groups is 1. The minimum Gasteiger partial charge on any atom is -0.505 e. The number of hydrogen-bond donors (Lipinski definition) is 2. The molecule has 3 rings (SSSR count). The SMILES string of the molecule is Cl.O=C(Nc1cccc(Br)c1)c1ccc2cccnc2c1O. The van der Waals surface area contributed by atoms with Crippen LogP contribution >= 0.6 is 28.3 Å². The Hall–Kier alpha value is -2.11. The second-order valence-corrected chi connectivity index (χ2v) is 5.42. The van der Waals surface area contributed by atoms with E-state index in [0.717, 1.165) is 9.86 Å². The first kappa shape index (κ1) is 16.3. The highest BCUT2D eigenvalue weighted by Crippen LogP contribution is 2.27. The van der Waals surface area contributed by atoms with Crippen LogP contribution in [0.1, 0.15) is 10.4 Å². The zero-order chi connectivity index (χ0) is 14.8. The quantitative estimate of drug-likeness (QED) is 0.695. The molecular formula is C16H12BrClN2O2.